The molecular formula is C52H100N4O13. The zero-order chi connectivity index (χ0) is 52.2. The lowest BCUT2D eigenvalue weighted by atomic mass is 9.88. The van der Waals surface area contributed by atoms with Crippen LogP contribution in [0.15, 0.2) is 0 Å². The highest BCUT2D eigenvalue weighted by molar-refractivity contribution is 5.71. The van der Waals surface area contributed by atoms with Gasteiger partial charge >= 0.3 is 35.8 Å². The molecule has 5 N–H and O–H groups in total. The van der Waals surface area contributed by atoms with Crippen molar-refractivity contribution in [3.05, 3.63) is 0 Å². The van der Waals surface area contributed by atoms with Gasteiger partial charge in [0.1, 0.15) is 39.6 Å². The third-order valence-electron chi connectivity index (χ3n) is 12.1. The van der Waals surface area contributed by atoms with Crippen molar-refractivity contribution in [3.8, 4) is 0 Å². The number of nitrogens with one attached hydrogen (secondary N) is 4. The van der Waals surface area contributed by atoms with Crippen LogP contribution in [0.3, 0.4) is 0 Å². The molecular weight excluding hydrogens is 889 g/mol. The smallest absolute Gasteiger partial charge is 0.307 e. The summed E-state index contributed by atoms with van der Waals surface area (Å²) in [4.78, 5) is 73.3. The molecule has 0 spiro atoms. The standard InChI is InChI=1S/C28H54N2O6.C24H46N2O7/c1-8-22(5)13-12-14-25(31)34-19-28(11-4,20-35-26(32)15-17-29-23(6)9-2)21-36-27(33)16-18-30-24(7)10-3;1-4-7-8-9-10-21(28)31-18-24(17-27,19-32-22(29)11-15-25-13-5-2)20-33-23(30)12-16-26-14-6-3/h22-24,29-30H,8-21H2,1-7H3;25-27H,4-20H2,1-3H3. The number of hydrogen-bond donors (Lipinski definition) is 5. The van der Waals surface area contributed by atoms with E-state index >= 15 is 0 Å². The molecule has 0 aliphatic carbocycles. The Labute approximate surface area is 417 Å². The van der Waals surface area contributed by atoms with E-state index in [9.17, 15) is 33.9 Å². The number of hydrogen-bond acceptors (Lipinski definition) is 17. The van der Waals surface area contributed by atoms with Crippen LogP contribution < -0.4 is 21.3 Å². The van der Waals surface area contributed by atoms with Crippen molar-refractivity contribution >= 4 is 35.8 Å². The van der Waals surface area contributed by atoms with E-state index in [1.807, 2.05) is 20.8 Å². The third kappa shape index (κ3) is 39.0. The fraction of sp³-hybridized carbons (Fsp3) is 0.885. The van der Waals surface area contributed by atoms with Crippen molar-refractivity contribution < 1.29 is 62.3 Å². The average Bonchev–Trinajstić information content (AvgIpc) is 3.35. The molecule has 0 radical (unpaired) electrons. The van der Waals surface area contributed by atoms with Gasteiger partial charge in [-0.15, -0.1) is 0 Å². The molecule has 17 nitrogen and oxygen atoms in total. The van der Waals surface area contributed by atoms with Gasteiger partial charge in [-0.05, 0) is 77.8 Å². The first-order valence-electron chi connectivity index (χ1n) is 26.5. The topological polar surface area (TPSA) is 226 Å². The van der Waals surface area contributed by atoms with Crippen LogP contribution in [0.25, 0.3) is 0 Å². The van der Waals surface area contributed by atoms with E-state index in [0.29, 0.717) is 57.0 Å². The number of unbranched alkanes of at least 4 members (excludes halogenated alkanes) is 3. The summed E-state index contributed by atoms with van der Waals surface area (Å²) in [7, 11) is 0. The quantitative estimate of drug-likeness (QED) is 0.0232. The lowest BCUT2D eigenvalue weighted by Crippen LogP contribution is -2.43. The van der Waals surface area contributed by atoms with Crippen LogP contribution in [0.2, 0.25) is 0 Å². The van der Waals surface area contributed by atoms with Crippen molar-refractivity contribution in [2.24, 2.45) is 16.7 Å². The van der Waals surface area contributed by atoms with Crippen LogP contribution in [-0.4, -0.2) is 139 Å². The van der Waals surface area contributed by atoms with E-state index in [2.05, 4.69) is 69.7 Å². The Balaban J connectivity index is 0. The van der Waals surface area contributed by atoms with E-state index in [1.54, 1.807) is 0 Å². The fourth-order valence-electron chi connectivity index (χ4n) is 6.14. The van der Waals surface area contributed by atoms with Crippen molar-refractivity contribution in [3.63, 3.8) is 0 Å². The van der Waals surface area contributed by atoms with Gasteiger partial charge in [0.25, 0.3) is 0 Å². The number of ether oxygens (including phenoxy) is 6. The Kier molecular flexibility index (Phi) is 43.7. The van der Waals surface area contributed by atoms with Crippen LogP contribution in [0.1, 0.15) is 185 Å². The monoisotopic (exact) mass is 989 g/mol. The van der Waals surface area contributed by atoms with Gasteiger partial charge in [0, 0.05) is 51.1 Å². The fourth-order valence-corrected chi connectivity index (χ4v) is 6.14. The Bertz CT molecular complexity index is 1190. The summed E-state index contributed by atoms with van der Waals surface area (Å²) in [5.74, 6) is -1.59. The number of rotatable bonds is 44. The second kappa shape index (κ2) is 44.6. The van der Waals surface area contributed by atoms with Crippen LogP contribution >= 0.6 is 0 Å². The minimum atomic E-state index is -1.20. The molecule has 0 aromatic rings. The average molecular weight is 989 g/mol. The lowest BCUT2D eigenvalue weighted by molar-refractivity contribution is -0.166. The molecule has 0 rings (SSSR count). The predicted molar refractivity (Wildman–Crippen MR) is 270 cm³/mol. The molecule has 0 saturated carbocycles. The normalized spacial score (nSPS) is 13.4. The lowest BCUT2D eigenvalue weighted by Gasteiger charge is -2.31. The van der Waals surface area contributed by atoms with Crippen LogP contribution in [-0.2, 0) is 57.2 Å². The Hall–Kier alpha value is -3.38. The Morgan fingerprint density at radius 3 is 1.12 bits per heavy atom. The number of aliphatic hydroxyl groups excluding tert-OH is 1. The van der Waals surface area contributed by atoms with Crippen LogP contribution in [0, 0.1) is 16.7 Å². The second-order valence-corrected chi connectivity index (χ2v) is 18.7. The predicted octanol–water partition coefficient (Wildman–Crippen LogP) is 7.13. The summed E-state index contributed by atoms with van der Waals surface area (Å²) >= 11 is 0. The second-order valence-electron chi connectivity index (χ2n) is 18.7. The van der Waals surface area contributed by atoms with Crippen molar-refractivity contribution in [1.82, 2.24) is 21.3 Å². The Morgan fingerprint density at radius 2 is 0.783 bits per heavy atom. The first-order valence-corrected chi connectivity index (χ1v) is 26.5. The van der Waals surface area contributed by atoms with Gasteiger partial charge < -0.3 is 54.8 Å². The van der Waals surface area contributed by atoms with Gasteiger partial charge in [-0.2, -0.15) is 0 Å². The minimum absolute atomic E-state index is 0.0320. The summed E-state index contributed by atoms with van der Waals surface area (Å²) in [5, 5.41) is 22.8. The maximum atomic E-state index is 12.4. The number of carbonyl (C=O) groups excluding carboxylic acids is 6. The molecule has 3 unspecified atom stereocenters. The molecule has 0 aromatic heterocycles. The van der Waals surface area contributed by atoms with E-state index in [-0.39, 0.29) is 95.6 Å². The zero-order valence-corrected chi connectivity index (χ0v) is 45.0. The van der Waals surface area contributed by atoms with Crippen LogP contribution in [0.4, 0.5) is 0 Å². The molecule has 69 heavy (non-hydrogen) atoms. The molecule has 0 aliphatic rings. The van der Waals surface area contributed by atoms with Crippen LogP contribution in [0.5, 0.6) is 0 Å². The van der Waals surface area contributed by atoms with Crippen molar-refractivity contribution in [2.45, 2.75) is 197 Å². The van der Waals surface area contributed by atoms with Gasteiger partial charge in [0.15, 0.2) is 0 Å². The van der Waals surface area contributed by atoms with E-state index < -0.39 is 29.4 Å². The molecule has 0 aliphatic heterocycles. The summed E-state index contributed by atoms with van der Waals surface area (Å²) in [6.45, 7) is 23.4. The highest BCUT2D eigenvalue weighted by atomic mass is 16.6. The highest BCUT2D eigenvalue weighted by Crippen LogP contribution is 2.26. The summed E-state index contributed by atoms with van der Waals surface area (Å²) in [5.41, 5.74) is -1.97. The molecule has 0 saturated heterocycles. The molecule has 0 bridgehead atoms. The molecule has 0 heterocycles. The first kappa shape index (κ1) is 67.7. The molecule has 0 aromatic carbocycles. The molecule has 406 valence electrons. The van der Waals surface area contributed by atoms with E-state index in [1.165, 1.54) is 0 Å². The Morgan fingerprint density at radius 1 is 0.420 bits per heavy atom. The molecule has 3 atom stereocenters. The van der Waals surface area contributed by atoms with Crippen molar-refractivity contribution in [2.75, 3.05) is 85.5 Å². The van der Waals surface area contributed by atoms with Gasteiger partial charge in [-0.3, -0.25) is 28.8 Å². The van der Waals surface area contributed by atoms with Gasteiger partial charge in [0.2, 0.25) is 0 Å². The minimum Gasteiger partial charge on any atom is -0.465 e. The molecule has 0 fully saturated rings. The molecule has 0 amide bonds. The SMILES string of the molecule is CCC(C)CCCC(=O)OCC(CC)(COC(=O)CCNC(C)CC)COC(=O)CCNC(C)CC.CCCCCCC(=O)OCC(CO)(COC(=O)CCNCCC)COC(=O)CCNCCC. The van der Waals surface area contributed by atoms with Gasteiger partial charge in [0.05, 0.1) is 43.1 Å². The maximum Gasteiger partial charge on any atom is 0.307 e. The maximum absolute atomic E-state index is 12.4. The number of carbonyl (C=O) groups is 6. The number of esters is 6. The van der Waals surface area contributed by atoms with E-state index in [0.717, 1.165) is 83.7 Å². The summed E-state index contributed by atoms with van der Waals surface area (Å²) in [6.07, 6.45) is 12.6. The summed E-state index contributed by atoms with van der Waals surface area (Å²) < 4.78 is 32.7. The van der Waals surface area contributed by atoms with E-state index in [4.69, 9.17) is 28.4 Å². The molecule has 17 heteroatoms. The third-order valence-corrected chi connectivity index (χ3v) is 12.1. The highest BCUT2D eigenvalue weighted by Gasteiger charge is 2.36. The van der Waals surface area contributed by atoms with Gasteiger partial charge in [-0.25, -0.2) is 0 Å². The summed E-state index contributed by atoms with van der Waals surface area (Å²) in [6, 6.07) is 0.669. The largest absolute Gasteiger partial charge is 0.465 e. The van der Waals surface area contributed by atoms with Crippen molar-refractivity contribution in [1.29, 1.82) is 0 Å². The first-order chi connectivity index (χ1) is 33.0. The van der Waals surface area contributed by atoms with Gasteiger partial charge in [-0.1, -0.05) is 87.5 Å². The number of aliphatic hydroxyl groups is 1. The zero-order valence-electron chi connectivity index (χ0n) is 45.0.